The minimum Gasteiger partial charge on any atom is -0.768 e. The third kappa shape index (κ3) is 4.99. The van der Waals surface area contributed by atoms with Crippen LogP contribution >= 0.6 is 0 Å². The molecule has 4 rings (SSSR count). The zero-order valence-electron chi connectivity index (χ0n) is 19.5. The van der Waals surface area contributed by atoms with Crippen LogP contribution in [0, 0.1) is 0 Å². The molecule has 0 saturated carbocycles. The van der Waals surface area contributed by atoms with E-state index in [4.69, 9.17) is 15.5 Å². The number of ether oxygens (including phenoxy) is 1. The van der Waals surface area contributed by atoms with E-state index in [1.54, 1.807) is 18.2 Å². The normalized spacial score (nSPS) is 21.4. The van der Waals surface area contributed by atoms with Gasteiger partial charge in [-0.3, -0.25) is 4.21 Å². The number of nitrogens with zero attached hydrogens (tertiary/aromatic N) is 3. The number of morpholine rings is 1. The summed E-state index contributed by atoms with van der Waals surface area (Å²) in [5, 5.41) is 0. The molecule has 2 atom stereocenters. The molecule has 0 bridgehead atoms. The van der Waals surface area contributed by atoms with Crippen molar-refractivity contribution in [2.45, 2.75) is 44.0 Å². The highest BCUT2D eigenvalue weighted by Gasteiger charge is 2.34. The van der Waals surface area contributed by atoms with Gasteiger partial charge < -0.3 is 24.8 Å². The van der Waals surface area contributed by atoms with Gasteiger partial charge in [0.25, 0.3) is 0 Å². The van der Waals surface area contributed by atoms with Gasteiger partial charge in [-0.2, -0.15) is 0 Å². The standard InChI is InChI=1S/C25H34N4O3S/c1-3-6-20(17-26)29-10-9-22-24(19-7-5-8-21(15-19)33(30)31)27-23(16-18(4-2)25(22)29)28-11-13-32-14-12-28/h3,5-8,15,20H,4,9-14,16-17,26H2,1-2H3,(H,30,31)/p-1. The monoisotopic (exact) mass is 469 g/mol. The zero-order chi connectivity index (χ0) is 23.4. The van der Waals surface area contributed by atoms with Crippen LogP contribution in [0.5, 0.6) is 0 Å². The van der Waals surface area contributed by atoms with Gasteiger partial charge in [0.05, 0.1) is 25.0 Å². The number of hydrogen-bond donors (Lipinski definition) is 1. The molecule has 2 saturated heterocycles. The van der Waals surface area contributed by atoms with Crippen LogP contribution < -0.4 is 5.73 Å². The molecule has 3 heterocycles. The summed E-state index contributed by atoms with van der Waals surface area (Å²) in [6.45, 7) is 8.64. The summed E-state index contributed by atoms with van der Waals surface area (Å²) in [6, 6.07) is 7.23. The van der Waals surface area contributed by atoms with Crippen molar-refractivity contribution in [2.24, 2.45) is 10.7 Å². The molecule has 2 unspecified atom stereocenters. The average molecular weight is 470 g/mol. The van der Waals surface area contributed by atoms with E-state index in [9.17, 15) is 8.76 Å². The van der Waals surface area contributed by atoms with Crippen molar-refractivity contribution in [1.82, 2.24) is 9.80 Å². The molecule has 0 aromatic heterocycles. The summed E-state index contributed by atoms with van der Waals surface area (Å²) in [5.41, 5.74) is 11.7. The lowest BCUT2D eigenvalue weighted by atomic mass is 9.98. The summed E-state index contributed by atoms with van der Waals surface area (Å²) in [7, 11) is 0. The van der Waals surface area contributed by atoms with Crippen LogP contribution in [0.3, 0.4) is 0 Å². The maximum absolute atomic E-state index is 11.7. The highest BCUT2D eigenvalue weighted by molar-refractivity contribution is 7.79. The molecule has 2 fully saturated rings. The van der Waals surface area contributed by atoms with Crippen LogP contribution in [-0.4, -0.2) is 69.8 Å². The molecule has 1 aromatic carbocycles. The van der Waals surface area contributed by atoms with Gasteiger partial charge in [0.1, 0.15) is 5.84 Å². The van der Waals surface area contributed by atoms with E-state index in [1.165, 1.54) is 16.8 Å². The lowest BCUT2D eigenvalue weighted by molar-refractivity contribution is 0.0674. The second kappa shape index (κ2) is 10.8. The van der Waals surface area contributed by atoms with Crippen molar-refractivity contribution < 1.29 is 13.5 Å². The van der Waals surface area contributed by atoms with Gasteiger partial charge in [-0.15, -0.1) is 0 Å². The molecule has 0 amide bonds. The van der Waals surface area contributed by atoms with Gasteiger partial charge in [0.2, 0.25) is 0 Å². The number of hydrogen-bond acceptors (Lipinski definition) is 7. The first-order valence-electron chi connectivity index (χ1n) is 11.7. The van der Waals surface area contributed by atoms with Crippen molar-refractivity contribution in [2.75, 3.05) is 39.4 Å². The molecule has 178 valence electrons. The van der Waals surface area contributed by atoms with E-state index in [0.29, 0.717) is 19.8 Å². The first kappa shape index (κ1) is 23.9. The van der Waals surface area contributed by atoms with E-state index >= 15 is 0 Å². The third-order valence-electron chi connectivity index (χ3n) is 6.57. The predicted octanol–water partition coefficient (Wildman–Crippen LogP) is 3.04. The van der Waals surface area contributed by atoms with E-state index in [2.05, 4.69) is 28.9 Å². The van der Waals surface area contributed by atoms with E-state index < -0.39 is 11.1 Å². The number of aliphatic imine (C=N–C) groups is 1. The van der Waals surface area contributed by atoms with Crippen LogP contribution in [0.15, 0.2) is 63.1 Å². The summed E-state index contributed by atoms with van der Waals surface area (Å²) in [6.07, 6.45) is 6.77. The number of likely N-dealkylation sites (tertiary alicyclic amines) is 1. The van der Waals surface area contributed by atoms with E-state index in [-0.39, 0.29) is 10.9 Å². The topological polar surface area (TPSA) is 94.2 Å². The number of fused-ring (bicyclic) bond motifs is 1. The average Bonchev–Trinajstić information content (AvgIpc) is 3.20. The van der Waals surface area contributed by atoms with Crippen molar-refractivity contribution in [1.29, 1.82) is 0 Å². The Bertz CT molecular complexity index is 1020. The zero-order valence-corrected chi connectivity index (χ0v) is 20.3. The summed E-state index contributed by atoms with van der Waals surface area (Å²) in [5.74, 6) is 1.03. The maximum atomic E-state index is 11.7. The van der Waals surface area contributed by atoms with Gasteiger partial charge in [-0.25, -0.2) is 4.99 Å². The first-order chi connectivity index (χ1) is 16.1. The minimum absolute atomic E-state index is 0.121. The Labute approximate surface area is 199 Å². The van der Waals surface area contributed by atoms with Crippen LogP contribution in [-0.2, 0) is 15.8 Å². The Morgan fingerprint density at radius 1 is 1.30 bits per heavy atom. The van der Waals surface area contributed by atoms with E-state index in [0.717, 1.165) is 56.0 Å². The SMILES string of the molecule is CC=CC(CN)N1CCC2=C(c3cccc(S(=O)[O-])c3)N=C(N3CCOCC3)CC(CC)=C21. The number of nitrogens with two attached hydrogens (primary N) is 1. The first-order valence-corrected chi connectivity index (χ1v) is 12.8. The second-order valence-corrected chi connectivity index (χ2v) is 9.41. The fourth-order valence-corrected chi connectivity index (χ4v) is 5.35. The van der Waals surface area contributed by atoms with Crippen molar-refractivity contribution in [3.63, 3.8) is 0 Å². The summed E-state index contributed by atoms with van der Waals surface area (Å²) < 4.78 is 28.9. The Morgan fingerprint density at radius 3 is 2.76 bits per heavy atom. The Balaban J connectivity index is 1.89. The molecule has 1 aromatic rings. The maximum Gasteiger partial charge on any atom is 0.109 e. The van der Waals surface area contributed by atoms with Crippen LogP contribution in [0.4, 0.5) is 0 Å². The van der Waals surface area contributed by atoms with Crippen LogP contribution in [0.2, 0.25) is 0 Å². The Hall–Kier alpha value is -2.26. The molecule has 7 nitrogen and oxygen atoms in total. The summed E-state index contributed by atoms with van der Waals surface area (Å²) in [4.78, 5) is 10.2. The number of allylic oxidation sites excluding steroid dienone is 2. The van der Waals surface area contributed by atoms with Gasteiger partial charge in [0, 0.05) is 54.3 Å². The molecule has 3 aliphatic heterocycles. The summed E-state index contributed by atoms with van der Waals surface area (Å²) >= 11 is -2.29. The van der Waals surface area contributed by atoms with Crippen LogP contribution in [0.1, 0.15) is 38.7 Å². The molecular weight excluding hydrogens is 436 g/mol. The number of rotatable bonds is 6. The highest BCUT2D eigenvalue weighted by atomic mass is 32.2. The van der Waals surface area contributed by atoms with Gasteiger partial charge in [-0.05, 0) is 48.6 Å². The fourth-order valence-electron chi connectivity index (χ4n) is 4.94. The third-order valence-corrected chi connectivity index (χ3v) is 7.21. The molecule has 3 aliphatic rings. The van der Waals surface area contributed by atoms with Gasteiger partial charge in [0.15, 0.2) is 0 Å². The molecule has 2 N–H and O–H groups in total. The number of benzene rings is 1. The highest BCUT2D eigenvalue weighted by Crippen LogP contribution is 2.42. The molecule has 0 aliphatic carbocycles. The van der Waals surface area contributed by atoms with Gasteiger partial charge in [-0.1, -0.05) is 31.2 Å². The Kier molecular flexibility index (Phi) is 7.80. The molecule has 8 heteroatoms. The quantitative estimate of drug-likeness (QED) is 0.508. The smallest absolute Gasteiger partial charge is 0.109 e. The largest absolute Gasteiger partial charge is 0.768 e. The molecule has 0 radical (unpaired) electrons. The number of amidine groups is 1. The van der Waals surface area contributed by atoms with Crippen molar-refractivity contribution in [3.05, 3.63) is 58.8 Å². The fraction of sp³-hybridized carbons (Fsp3) is 0.480. The molecule has 33 heavy (non-hydrogen) atoms. The Morgan fingerprint density at radius 2 is 2.09 bits per heavy atom. The lowest BCUT2D eigenvalue weighted by Gasteiger charge is -2.31. The van der Waals surface area contributed by atoms with Gasteiger partial charge >= 0.3 is 0 Å². The predicted molar refractivity (Wildman–Crippen MR) is 131 cm³/mol. The molecule has 0 spiro atoms. The van der Waals surface area contributed by atoms with Crippen LogP contribution in [0.25, 0.3) is 5.70 Å². The van der Waals surface area contributed by atoms with E-state index in [1.807, 2.05) is 13.0 Å². The second-order valence-electron chi connectivity index (χ2n) is 8.47. The molecular formula is C25H33N4O3S-. The van der Waals surface area contributed by atoms with Crippen molar-refractivity contribution >= 4 is 22.6 Å². The van der Waals surface area contributed by atoms with Crippen molar-refractivity contribution in [3.8, 4) is 0 Å². The lowest BCUT2D eigenvalue weighted by Crippen LogP contribution is -2.41. The minimum atomic E-state index is -2.29.